The molecule has 0 radical (unpaired) electrons. The van der Waals surface area contributed by atoms with E-state index in [-0.39, 0.29) is 154 Å². The van der Waals surface area contributed by atoms with Gasteiger partial charge in [0.1, 0.15) is 34.5 Å². The monoisotopic (exact) mass is 1990 g/mol. The van der Waals surface area contributed by atoms with Gasteiger partial charge in [-0.2, -0.15) is 0 Å². The van der Waals surface area contributed by atoms with E-state index in [0.717, 1.165) is 170 Å². The average Bonchev–Trinajstić information content (AvgIpc) is 0.800. The average molecular weight is 2000 g/mol. The topological polar surface area (TPSA) is 545 Å². The summed E-state index contributed by atoms with van der Waals surface area (Å²) in [7, 11) is 0. The molecule has 6 aromatic rings. The number of carbonyl (C=O) groups excluding carboxylic acids is 6. The molecule has 4 fully saturated rings. The van der Waals surface area contributed by atoms with Gasteiger partial charge in [0, 0.05) is 155 Å². The number of anilines is 1. The largest absolute Gasteiger partial charge is 0.493 e. The summed E-state index contributed by atoms with van der Waals surface area (Å²) in [6.45, 7) is 31.8. The van der Waals surface area contributed by atoms with Gasteiger partial charge < -0.3 is 96.3 Å². The van der Waals surface area contributed by atoms with Crippen LogP contribution in [0.2, 0.25) is 0 Å². The number of aliphatic hydroxyl groups excluding tert-OH is 7. The molecular formula is C95H139N8O31Pd-. The van der Waals surface area contributed by atoms with E-state index in [0.29, 0.717) is 101 Å². The van der Waals surface area contributed by atoms with Crippen molar-refractivity contribution in [1.82, 2.24) is 14.7 Å². The van der Waals surface area contributed by atoms with Crippen LogP contribution in [0.4, 0.5) is 28.4 Å². The van der Waals surface area contributed by atoms with Gasteiger partial charge in [0.25, 0.3) is 22.7 Å². The van der Waals surface area contributed by atoms with Crippen LogP contribution >= 0.6 is 0 Å². The number of aliphatic hydroxyl groups is 7. The number of ether oxygens (including phenoxy) is 10. The second kappa shape index (κ2) is 70.3. The molecule has 0 bridgehead atoms. The minimum Gasteiger partial charge on any atom is -0.493 e. The summed E-state index contributed by atoms with van der Waals surface area (Å²) in [5, 5.41) is 108. The maximum Gasteiger partial charge on any atom is 0.283 e. The van der Waals surface area contributed by atoms with Crippen molar-refractivity contribution in [2.75, 3.05) is 164 Å². The molecule has 0 unspecified atom stereocenters. The van der Waals surface area contributed by atoms with Crippen molar-refractivity contribution in [3.63, 3.8) is 0 Å². The normalized spacial score (nSPS) is 13.3. The van der Waals surface area contributed by atoms with Gasteiger partial charge in [-0.05, 0) is 155 Å². The number of ketones is 6. The molecule has 9 N–H and O–H groups in total. The molecule has 6 aromatic carbocycles. The van der Waals surface area contributed by atoms with Gasteiger partial charge in [0.15, 0.2) is 34.7 Å². The first-order valence-electron chi connectivity index (χ1n) is 44.7. The quantitative estimate of drug-likeness (QED) is 0.00335. The van der Waals surface area contributed by atoms with Gasteiger partial charge in [-0.1, -0.05) is 40.0 Å². The number of nitro groups is 4. The maximum absolute atomic E-state index is 11.5. The Morgan fingerprint density at radius 1 is 0.333 bits per heavy atom. The molecule has 0 aliphatic carbocycles. The Morgan fingerprint density at radius 3 is 0.778 bits per heavy atom. The molecule has 0 atom stereocenters. The summed E-state index contributed by atoms with van der Waals surface area (Å²) < 4.78 is 54.3. The number of morpholine rings is 3. The predicted octanol–water partition coefficient (Wildman–Crippen LogP) is 13.0. The maximum atomic E-state index is 11.5. The molecule has 0 saturated carbocycles. The van der Waals surface area contributed by atoms with Gasteiger partial charge >= 0.3 is 0 Å². The van der Waals surface area contributed by atoms with Crippen LogP contribution in [0.1, 0.15) is 242 Å². The third kappa shape index (κ3) is 45.4. The van der Waals surface area contributed by atoms with Crippen LogP contribution in [-0.4, -0.2) is 263 Å². The molecule has 40 heteroatoms. The molecule has 0 spiro atoms. The molecule has 4 heterocycles. The number of rotatable bonds is 43. The first kappa shape index (κ1) is 123. The Bertz CT molecular complexity index is 4410. The third-order valence-electron chi connectivity index (χ3n) is 20.4. The van der Waals surface area contributed by atoms with Crippen molar-refractivity contribution in [3.05, 3.63) is 194 Å². The van der Waals surface area contributed by atoms with E-state index in [1.54, 1.807) is 37.3 Å². The van der Waals surface area contributed by atoms with Crippen LogP contribution in [0.3, 0.4) is 0 Å². The Kier molecular flexibility index (Phi) is 63.9. The Hall–Kier alpha value is -10.4. The summed E-state index contributed by atoms with van der Waals surface area (Å²) in [4.78, 5) is 117. The van der Waals surface area contributed by atoms with Crippen LogP contribution in [0.15, 0.2) is 78.9 Å². The van der Waals surface area contributed by atoms with E-state index in [9.17, 15) is 99.9 Å². The molecule has 4 aliphatic heterocycles. The van der Waals surface area contributed by atoms with Crippen molar-refractivity contribution in [1.29, 1.82) is 0 Å². The zero-order valence-corrected chi connectivity index (χ0v) is 81.2. The fraction of sp³-hybridized carbons (Fsp3) is 0.547. The molecule has 10 rings (SSSR count). The fourth-order valence-corrected chi connectivity index (χ4v) is 13.0. The number of hydrogen-bond acceptors (Lipinski definition) is 35. The number of benzene rings is 6. The molecule has 4 aliphatic rings. The summed E-state index contributed by atoms with van der Waals surface area (Å²) in [6.07, 6.45) is 11.9. The minimum atomic E-state index is -0.620. The molecule has 135 heavy (non-hydrogen) atoms. The van der Waals surface area contributed by atoms with E-state index >= 15 is 0 Å². The van der Waals surface area contributed by atoms with E-state index in [1.165, 1.54) is 109 Å². The zero-order chi connectivity index (χ0) is 98.7. The van der Waals surface area contributed by atoms with Crippen LogP contribution in [-0.2, 0) is 79.0 Å². The molecule has 39 nitrogen and oxygen atoms in total. The van der Waals surface area contributed by atoms with Gasteiger partial charge in [0.05, 0.1) is 185 Å². The zero-order valence-electron chi connectivity index (χ0n) is 79.7. The van der Waals surface area contributed by atoms with Crippen molar-refractivity contribution in [3.8, 4) is 34.5 Å². The predicted molar refractivity (Wildman–Crippen MR) is 502 cm³/mol. The number of unbranched alkanes of at least 4 members (excludes halogenated alkanes) is 3. The van der Waals surface area contributed by atoms with Gasteiger partial charge in [-0.25, -0.2) is 0 Å². The van der Waals surface area contributed by atoms with Gasteiger partial charge in [-0.15, -0.1) is 0 Å². The third-order valence-corrected chi connectivity index (χ3v) is 20.4. The summed E-state index contributed by atoms with van der Waals surface area (Å²) in [6, 6.07) is 18.5. The second-order valence-electron chi connectivity index (χ2n) is 30.7. The van der Waals surface area contributed by atoms with Crippen molar-refractivity contribution >= 4 is 63.1 Å². The summed E-state index contributed by atoms with van der Waals surface area (Å²) in [5.74, 6) is 0.426. The number of nitrogen functional groups attached to an aromatic ring is 1. The van der Waals surface area contributed by atoms with Gasteiger partial charge in [0.2, 0.25) is 0 Å². The second-order valence-corrected chi connectivity index (χ2v) is 30.7. The van der Waals surface area contributed by atoms with E-state index < -0.39 is 42.8 Å². The van der Waals surface area contributed by atoms with Gasteiger partial charge in [-0.3, -0.25) is 83.9 Å². The number of nitrogens with zero attached hydrogens (tertiary/aromatic N) is 7. The number of nitrogens with two attached hydrogens (primary N) is 1. The summed E-state index contributed by atoms with van der Waals surface area (Å²) >= 11 is 0. The number of nitro benzene ring substituents is 4. The molecule has 4 saturated heterocycles. The van der Waals surface area contributed by atoms with Crippen molar-refractivity contribution in [2.24, 2.45) is 0 Å². The van der Waals surface area contributed by atoms with Crippen LogP contribution in [0.25, 0.3) is 0 Å². The smallest absolute Gasteiger partial charge is 0.283 e. The Morgan fingerprint density at radius 2 is 0.563 bits per heavy atom. The van der Waals surface area contributed by atoms with Crippen LogP contribution in [0, 0.1) is 47.9 Å². The molecule has 0 amide bonds. The SMILES string of the molecule is C1CCOCC1.CC(=O)c1cc(CO)c(OCCCN2CCOCC2)cc1N.CC(=O)c1cc(CO)c(OCCCN2CCOCC2)cc1[N+](=O)[O-].CC(=O)c1cc(CO)c(OCCCN2CCOCC2)cc1[N+](=O)[O-].CCCCOc1cc([N+](=O)[O-])c(C(C)=O)cc1CO.CCCCOc1cc([N+](=O)[O-])c(C(C)=O)cc1CO.CCCCOc1ccc(C(C)=O)cc1CO.CCO.[CH3-].[Pd]. The van der Waals surface area contributed by atoms with Crippen molar-refractivity contribution in [2.45, 2.75) is 186 Å². The van der Waals surface area contributed by atoms with E-state index in [4.69, 9.17) is 58.2 Å². The van der Waals surface area contributed by atoms with E-state index in [2.05, 4.69) is 21.6 Å². The first-order chi connectivity index (χ1) is 63.8. The Labute approximate surface area is 803 Å². The molecular weight excluding hydrogens is 1860 g/mol. The van der Waals surface area contributed by atoms with Crippen molar-refractivity contribution < 1.29 is 152 Å². The van der Waals surface area contributed by atoms with Crippen LogP contribution < -0.4 is 34.2 Å². The molecule has 0 aromatic heterocycles. The Balaban J connectivity index is 0.000000795. The van der Waals surface area contributed by atoms with Crippen LogP contribution in [0.5, 0.6) is 34.5 Å². The number of hydrogen-bond donors (Lipinski definition) is 8. The first-order valence-corrected chi connectivity index (χ1v) is 44.7. The minimum absolute atomic E-state index is 0. The number of carbonyl (C=O) groups is 6. The van der Waals surface area contributed by atoms with E-state index in [1.807, 2.05) is 13.8 Å². The summed E-state index contributed by atoms with van der Waals surface area (Å²) in [5.41, 5.74) is 8.76. The standard InChI is InChI=1S/2C16H22N2O6.C16H24N2O4.2C13H17NO5.C13H18O3.C5H10O.C2H6O.CH3.Pd/c2*1-12(20)14-9-13(11-19)16(10-15(14)18(21)22)24-6-2-3-17-4-7-23-8-5-17;1-12(20)14-9-13(11-19)16(10-15(14)17)22-6-2-3-18-4-7-21-8-5-18;2*1-3-4-5-19-13-7-12(14(17)18)11(9(2)16)6-10(13)8-15;1-3-4-7-16-13-6-5-11(10(2)15)8-12(13)9-14;1-2-4-6-5-3-1;1-2-3;;/h2*9-10,19H,2-8,11H2,1H3;9-10,19H,2-8,11,17H2,1H3;2*6-7,15H,3-5,8H2,1-2H3;5-6,8,14H,3-4,7,9H2,1-2H3;1-5H2;3H,2H2,1H3;1H3;/q;;;;;;;;-1;. The fourth-order valence-electron chi connectivity index (χ4n) is 13.0. The number of Topliss-reactive ketones (excluding diaryl/α,β-unsaturated/α-hetero) is 6. The molecule has 756 valence electrons.